The molecule has 0 unspecified atom stereocenters. The van der Waals surface area contributed by atoms with E-state index in [1.54, 1.807) is 12.1 Å². The van der Waals surface area contributed by atoms with Gasteiger partial charge in [0, 0.05) is 49.2 Å². The van der Waals surface area contributed by atoms with Crippen LogP contribution in [0.5, 0.6) is 6.01 Å². The van der Waals surface area contributed by atoms with Gasteiger partial charge in [0.05, 0.1) is 22.2 Å². The summed E-state index contributed by atoms with van der Waals surface area (Å²) in [4.78, 5) is 20.2. The Hall–Kier alpha value is -3.87. The number of benzene rings is 2. The van der Waals surface area contributed by atoms with E-state index in [0.29, 0.717) is 46.0 Å². The molecule has 3 atom stereocenters. The average molecular weight is 661 g/mol. The Balaban J connectivity index is 1.15. The van der Waals surface area contributed by atoms with E-state index in [2.05, 4.69) is 34.9 Å². The van der Waals surface area contributed by atoms with E-state index in [1.165, 1.54) is 57.7 Å². The third kappa shape index (κ3) is 4.49. The van der Waals surface area contributed by atoms with E-state index in [-0.39, 0.29) is 46.3 Å². The lowest BCUT2D eigenvalue weighted by Gasteiger charge is -2.42. The fraction of sp³-hybridized carbons (Fsp3) is 0.525. The van der Waals surface area contributed by atoms with Crippen molar-refractivity contribution in [1.82, 2.24) is 25.2 Å². The molecule has 2 aliphatic carbocycles. The van der Waals surface area contributed by atoms with Crippen LogP contribution in [0.3, 0.4) is 0 Å². The van der Waals surface area contributed by atoms with Crippen LogP contribution in [0, 0.1) is 40.7 Å². The average Bonchev–Trinajstić information content (AvgIpc) is 4.00. The monoisotopic (exact) mass is 660 g/mol. The topological polar surface area (TPSA) is 66.4 Å². The van der Waals surface area contributed by atoms with Gasteiger partial charge in [0.15, 0.2) is 5.82 Å². The predicted molar refractivity (Wildman–Crippen MR) is 187 cm³/mol. The van der Waals surface area contributed by atoms with E-state index >= 15 is 8.78 Å². The highest BCUT2D eigenvalue weighted by molar-refractivity contribution is 6.02. The molecular weight excluding hydrogens is 618 g/mol. The van der Waals surface area contributed by atoms with Crippen molar-refractivity contribution in [2.45, 2.75) is 82.8 Å². The highest BCUT2D eigenvalue weighted by Gasteiger charge is 2.67. The summed E-state index contributed by atoms with van der Waals surface area (Å²) in [5.41, 5.74) is 2.54. The van der Waals surface area contributed by atoms with Crippen molar-refractivity contribution in [3.8, 4) is 29.6 Å². The summed E-state index contributed by atoms with van der Waals surface area (Å²) in [6, 6.07) is 9.19. The fourth-order valence-corrected chi connectivity index (χ4v) is 10.2. The van der Waals surface area contributed by atoms with Gasteiger partial charge >= 0.3 is 6.01 Å². The quantitative estimate of drug-likeness (QED) is 0.241. The normalized spacial score (nSPS) is 26.9. The molecule has 2 spiro atoms. The number of nitrogens with zero attached hydrogens (tertiary/aromatic N) is 5. The van der Waals surface area contributed by atoms with Gasteiger partial charge in [-0.25, -0.2) is 13.8 Å². The summed E-state index contributed by atoms with van der Waals surface area (Å²) in [7, 11) is 0. The molecule has 252 valence electrons. The summed E-state index contributed by atoms with van der Waals surface area (Å²) < 4.78 is 39.1. The van der Waals surface area contributed by atoms with Crippen LogP contribution in [-0.2, 0) is 6.42 Å². The van der Waals surface area contributed by atoms with Crippen LogP contribution in [0.1, 0.15) is 70.1 Å². The first kappa shape index (κ1) is 30.0. The number of hydrogen-bond acceptors (Lipinski definition) is 7. The molecule has 4 aliphatic heterocycles. The number of hydrogen-bond donors (Lipinski definition) is 1. The third-order valence-electron chi connectivity index (χ3n) is 13.1. The number of aromatic nitrogens is 3. The van der Waals surface area contributed by atoms with E-state index in [9.17, 15) is 0 Å². The van der Waals surface area contributed by atoms with Crippen molar-refractivity contribution in [3.63, 3.8) is 0 Å². The summed E-state index contributed by atoms with van der Waals surface area (Å²) >= 11 is 0. The van der Waals surface area contributed by atoms with Gasteiger partial charge in [0.25, 0.3) is 0 Å². The van der Waals surface area contributed by atoms with E-state index in [1.807, 2.05) is 12.1 Å². The Bertz CT molecular complexity index is 2080. The number of piperazine rings is 1. The van der Waals surface area contributed by atoms with Crippen LogP contribution < -0.4 is 15.0 Å². The van der Waals surface area contributed by atoms with E-state index in [4.69, 9.17) is 26.1 Å². The summed E-state index contributed by atoms with van der Waals surface area (Å²) in [5.74, 6) is 2.36. The zero-order valence-corrected chi connectivity index (χ0v) is 28.3. The number of pyridine rings is 1. The maximum Gasteiger partial charge on any atom is 0.319 e. The first-order valence-electron chi connectivity index (χ1n) is 18.2. The molecular formula is C40H42F2N6O. The van der Waals surface area contributed by atoms with Crippen LogP contribution in [0.15, 0.2) is 30.3 Å². The van der Waals surface area contributed by atoms with Gasteiger partial charge in [-0.05, 0) is 79.6 Å². The molecule has 5 fully saturated rings. The zero-order valence-electron chi connectivity index (χ0n) is 28.3. The summed E-state index contributed by atoms with van der Waals surface area (Å²) in [6.07, 6.45) is 15.0. The molecule has 6 heterocycles. The molecule has 6 aliphatic rings. The minimum Gasteiger partial charge on any atom is -0.461 e. The molecule has 0 radical (unpaired) electrons. The molecule has 7 nitrogen and oxygen atoms in total. The predicted octanol–water partition coefficient (Wildman–Crippen LogP) is 6.64. The Morgan fingerprint density at radius 2 is 1.80 bits per heavy atom. The van der Waals surface area contributed by atoms with Crippen LogP contribution >= 0.6 is 0 Å². The number of nitrogens with one attached hydrogen (secondary N) is 1. The first-order valence-corrected chi connectivity index (χ1v) is 18.2. The Labute approximate surface area is 285 Å². The molecule has 4 aromatic rings. The molecule has 2 aromatic heterocycles. The lowest BCUT2D eigenvalue weighted by Crippen LogP contribution is -2.58. The lowest BCUT2D eigenvalue weighted by atomic mass is 9.85. The second-order valence-corrected chi connectivity index (χ2v) is 16.4. The molecule has 0 amide bonds. The second kappa shape index (κ2) is 10.3. The maximum atomic E-state index is 17.3. The molecule has 2 aromatic carbocycles. The van der Waals surface area contributed by atoms with Crippen LogP contribution in [-0.4, -0.2) is 70.3 Å². The molecule has 3 saturated heterocycles. The van der Waals surface area contributed by atoms with Crippen LogP contribution in [0.2, 0.25) is 0 Å². The van der Waals surface area contributed by atoms with Crippen LogP contribution in [0.25, 0.3) is 32.9 Å². The minimum absolute atomic E-state index is 0.00933. The van der Waals surface area contributed by atoms with Gasteiger partial charge in [-0.1, -0.05) is 44.0 Å². The van der Waals surface area contributed by atoms with Crippen molar-refractivity contribution in [3.05, 3.63) is 53.2 Å². The first-order chi connectivity index (χ1) is 23.7. The van der Waals surface area contributed by atoms with Gasteiger partial charge in [0.1, 0.15) is 29.5 Å². The van der Waals surface area contributed by atoms with Gasteiger partial charge < -0.3 is 15.0 Å². The molecule has 9 heteroatoms. The second-order valence-electron chi connectivity index (χ2n) is 16.4. The lowest BCUT2D eigenvalue weighted by molar-refractivity contribution is 0.107. The van der Waals surface area contributed by atoms with Crippen molar-refractivity contribution >= 4 is 27.5 Å². The molecule has 0 bridgehead atoms. The molecule has 2 saturated carbocycles. The summed E-state index contributed by atoms with van der Waals surface area (Å²) in [6.45, 7) is 8.84. The molecule has 49 heavy (non-hydrogen) atoms. The van der Waals surface area contributed by atoms with Crippen molar-refractivity contribution in [2.24, 2.45) is 16.7 Å². The fourth-order valence-electron chi connectivity index (χ4n) is 10.2. The number of rotatable bonds is 5. The number of terminal acetylenes is 1. The largest absolute Gasteiger partial charge is 0.461 e. The van der Waals surface area contributed by atoms with E-state index < -0.39 is 11.6 Å². The smallest absolute Gasteiger partial charge is 0.319 e. The van der Waals surface area contributed by atoms with Crippen molar-refractivity contribution in [1.29, 1.82) is 0 Å². The van der Waals surface area contributed by atoms with E-state index in [0.717, 1.165) is 30.6 Å². The number of ether oxygens (including phenoxy) is 1. The standard InChI is InChI=1S/C40H42F2N6O/c1-4-25-17-48-30(16-43-25)23(3)15-29-32-35(33(42)34(44-29)27-8-6-7-24-9-10-28(41)26(5-2)31(24)27)45-37(46-36(32)48)49-22-40-18-38(11-12-38)20-47(40)21-39(19-40)13-14-39/h2,6-10,23,25,30,43H,4,11-22H2,1,3H3/t23-,25+,30+/m0/s1. The summed E-state index contributed by atoms with van der Waals surface area (Å²) in [5, 5.41) is 5.59. The molecule has 10 rings (SSSR count). The SMILES string of the molecule is C#Cc1c(F)ccc2cccc(-c3nc4c5c(nc(OCC67CC8(CC8)CN6CC6(CC6)C7)nc5c3F)N3C[C@@H](CC)NC[C@@H]3[C@@H](C)C4)c12. The van der Waals surface area contributed by atoms with Gasteiger partial charge in [-0.3, -0.25) is 4.90 Å². The van der Waals surface area contributed by atoms with Crippen LogP contribution in [0.4, 0.5) is 14.6 Å². The Kier molecular flexibility index (Phi) is 6.33. The third-order valence-corrected chi connectivity index (χ3v) is 13.1. The maximum absolute atomic E-state index is 17.3. The Morgan fingerprint density at radius 1 is 1.02 bits per heavy atom. The van der Waals surface area contributed by atoms with Crippen molar-refractivity contribution < 1.29 is 13.5 Å². The van der Waals surface area contributed by atoms with Gasteiger partial charge in [-0.2, -0.15) is 9.97 Å². The molecule has 1 N–H and O–H groups in total. The highest BCUT2D eigenvalue weighted by Crippen LogP contribution is 2.67. The number of anilines is 1. The minimum atomic E-state index is -0.560. The van der Waals surface area contributed by atoms with Gasteiger partial charge in [0.2, 0.25) is 0 Å². The van der Waals surface area contributed by atoms with Crippen molar-refractivity contribution in [2.75, 3.05) is 37.7 Å². The van der Waals surface area contributed by atoms with Gasteiger partial charge in [-0.15, -0.1) is 6.42 Å². The zero-order chi connectivity index (χ0) is 33.3. The number of halogens is 2. The Morgan fingerprint density at radius 3 is 2.51 bits per heavy atom. The number of fused-ring (bicyclic) bond motifs is 4. The highest BCUT2D eigenvalue weighted by atomic mass is 19.1.